The van der Waals surface area contributed by atoms with Gasteiger partial charge >= 0.3 is 21.1 Å². The van der Waals surface area contributed by atoms with Crippen molar-refractivity contribution in [3.63, 3.8) is 0 Å². The summed E-state index contributed by atoms with van der Waals surface area (Å²) in [6, 6.07) is 0. The second-order valence-corrected chi connectivity index (χ2v) is 1.48. The standard InChI is InChI=1S/C7H13.W/c1-3-5-7-6-4-2;/h5-7H,3-4H2,1-2H3;/q-1;+2/b7-5+;. The summed E-state index contributed by atoms with van der Waals surface area (Å²) in [7, 11) is 0. The second-order valence-electron chi connectivity index (χ2n) is 1.48. The first-order valence-electron chi connectivity index (χ1n) is 2.90. The largest absolute Gasteiger partial charge is 2.00 e. The van der Waals surface area contributed by atoms with Crippen molar-refractivity contribution >= 4 is 0 Å². The van der Waals surface area contributed by atoms with E-state index >= 15 is 0 Å². The molecular weight excluding hydrogens is 268 g/mol. The maximum atomic E-state index is 2.16. The quantitative estimate of drug-likeness (QED) is 0.697. The third-order valence-electron chi connectivity index (χ3n) is 0.744. The van der Waals surface area contributed by atoms with E-state index in [1.165, 1.54) is 0 Å². The van der Waals surface area contributed by atoms with Gasteiger partial charge in [0.15, 0.2) is 0 Å². The van der Waals surface area contributed by atoms with E-state index < -0.39 is 0 Å². The van der Waals surface area contributed by atoms with Crippen molar-refractivity contribution in [3.05, 3.63) is 18.6 Å². The number of hydrogen-bond donors (Lipinski definition) is 0. The summed E-state index contributed by atoms with van der Waals surface area (Å²) in [6.07, 6.45) is 8.72. The zero-order valence-corrected chi connectivity index (χ0v) is 8.49. The van der Waals surface area contributed by atoms with Gasteiger partial charge in [0, 0.05) is 0 Å². The van der Waals surface area contributed by atoms with E-state index in [1.54, 1.807) is 0 Å². The van der Waals surface area contributed by atoms with Gasteiger partial charge in [0.1, 0.15) is 0 Å². The van der Waals surface area contributed by atoms with Crippen LogP contribution in [0.5, 0.6) is 0 Å². The molecule has 0 aliphatic carbocycles. The summed E-state index contributed by atoms with van der Waals surface area (Å²) < 4.78 is 0. The molecule has 0 aromatic heterocycles. The average molecular weight is 281 g/mol. The van der Waals surface area contributed by atoms with Gasteiger partial charge in [-0.15, -0.1) is 12.8 Å². The summed E-state index contributed by atoms with van der Waals surface area (Å²) in [4.78, 5) is 0. The van der Waals surface area contributed by atoms with Crippen molar-refractivity contribution in [2.24, 2.45) is 0 Å². The van der Waals surface area contributed by atoms with E-state index in [0.717, 1.165) is 12.8 Å². The number of hydrogen-bond acceptors (Lipinski definition) is 0. The normalized spacial score (nSPS) is 8.75. The van der Waals surface area contributed by atoms with Crippen molar-refractivity contribution in [2.45, 2.75) is 26.7 Å². The zero-order chi connectivity index (χ0) is 5.54. The number of rotatable bonds is 3. The molecular formula is C7H13W+. The van der Waals surface area contributed by atoms with E-state index in [9.17, 15) is 0 Å². The first kappa shape index (κ1) is 11.1. The molecule has 0 saturated carbocycles. The Hall–Kier alpha value is 0.298. The molecule has 0 aliphatic heterocycles. The summed E-state index contributed by atoms with van der Waals surface area (Å²) in [5.41, 5.74) is 0. The maximum absolute atomic E-state index is 2.16. The first-order valence-corrected chi connectivity index (χ1v) is 2.90. The van der Waals surface area contributed by atoms with Crippen molar-refractivity contribution < 1.29 is 21.1 Å². The Morgan fingerprint density at radius 1 is 1.38 bits per heavy atom. The van der Waals surface area contributed by atoms with E-state index in [0.29, 0.717) is 0 Å². The van der Waals surface area contributed by atoms with E-state index in [2.05, 4.69) is 32.4 Å². The van der Waals surface area contributed by atoms with Crippen LogP contribution in [-0.2, 0) is 21.1 Å². The van der Waals surface area contributed by atoms with Gasteiger partial charge in [-0.25, -0.2) is 18.6 Å². The molecule has 0 aromatic carbocycles. The Balaban J connectivity index is 0. The molecule has 0 amide bonds. The average Bonchev–Trinajstić information content (AvgIpc) is 1.69. The second kappa shape index (κ2) is 10.3. The summed E-state index contributed by atoms with van der Waals surface area (Å²) in [5.74, 6) is 0. The fraction of sp³-hybridized carbons (Fsp3) is 0.571. The zero-order valence-electron chi connectivity index (χ0n) is 5.55. The Labute approximate surface area is 66.6 Å². The predicted octanol–water partition coefficient (Wildman–Crippen LogP) is 2.56. The fourth-order valence-electron chi connectivity index (χ4n) is 0.368. The molecule has 0 N–H and O–H groups in total. The van der Waals surface area contributed by atoms with Crippen molar-refractivity contribution in [1.29, 1.82) is 0 Å². The molecule has 0 heterocycles. The number of allylic oxidation sites excluding steroid dienone is 2. The topological polar surface area (TPSA) is 0 Å². The molecule has 0 rings (SSSR count). The Bertz CT molecular complexity index is 48.3. The molecule has 0 aromatic rings. The van der Waals surface area contributed by atoms with Crippen molar-refractivity contribution in [2.75, 3.05) is 0 Å². The molecule has 0 unspecified atom stereocenters. The third kappa shape index (κ3) is 9.57. The molecule has 0 aliphatic rings. The Kier molecular flexibility index (Phi) is 14.4. The van der Waals surface area contributed by atoms with E-state index in [4.69, 9.17) is 0 Å². The van der Waals surface area contributed by atoms with Gasteiger partial charge < -0.3 is 0 Å². The van der Waals surface area contributed by atoms with Crippen molar-refractivity contribution in [1.82, 2.24) is 0 Å². The van der Waals surface area contributed by atoms with Crippen LogP contribution >= 0.6 is 0 Å². The van der Waals surface area contributed by atoms with Gasteiger partial charge in [-0.1, -0.05) is 13.8 Å². The molecule has 0 fully saturated rings. The molecule has 46 valence electrons. The van der Waals surface area contributed by atoms with Crippen LogP contribution in [0.1, 0.15) is 26.7 Å². The van der Waals surface area contributed by atoms with Crippen LogP contribution in [0.15, 0.2) is 12.2 Å². The van der Waals surface area contributed by atoms with Gasteiger partial charge in [0.25, 0.3) is 0 Å². The summed E-state index contributed by atoms with van der Waals surface area (Å²) in [5, 5.41) is 0. The van der Waals surface area contributed by atoms with Crippen LogP contribution in [0.3, 0.4) is 0 Å². The van der Waals surface area contributed by atoms with E-state index in [-0.39, 0.29) is 21.1 Å². The molecule has 0 nitrogen and oxygen atoms in total. The molecule has 0 radical (unpaired) electrons. The van der Waals surface area contributed by atoms with Crippen LogP contribution in [0, 0.1) is 6.42 Å². The molecule has 0 bridgehead atoms. The minimum Gasteiger partial charge on any atom is -0.232 e. The number of unbranched alkanes of at least 4 members (excludes halogenated alkanes) is 1. The van der Waals surface area contributed by atoms with E-state index in [1.807, 2.05) is 0 Å². The van der Waals surface area contributed by atoms with Gasteiger partial charge in [-0.3, -0.25) is 0 Å². The predicted molar refractivity (Wildman–Crippen MR) is 34.0 cm³/mol. The molecule has 8 heavy (non-hydrogen) atoms. The molecule has 0 spiro atoms. The van der Waals surface area contributed by atoms with Crippen LogP contribution in [-0.4, -0.2) is 0 Å². The van der Waals surface area contributed by atoms with Crippen LogP contribution in [0.25, 0.3) is 0 Å². The smallest absolute Gasteiger partial charge is 0.232 e. The Morgan fingerprint density at radius 3 is 2.38 bits per heavy atom. The SMILES string of the molecule is CC/C=C/[CH-]CC.[W+2]. The molecule has 0 saturated heterocycles. The monoisotopic (exact) mass is 281 g/mol. The summed E-state index contributed by atoms with van der Waals surface area (Å²) >= 11 is 0. The van der Waals surface area contributed by atoms with Crippen LogP contribution in [0.4, 0.5) is 0 Å². The molecule has 1 heteroatoms. The van der Waals surface area contributed by atoms with Gasteiger partial charge in [-0.05, 0) is 0 Å². The molecule has 0 atom stereocenters. The van der Waals surface area contributed by atoms with Crippen LogP contribution in [0.2, 0.25) is 0 Å². The minimum absolute atomic E-state index is 0. The minimum atomic E-state index is 0. The third-order valence-corrected chi connectivity index (χ3v) is 0.744. The first-order chi connectivity index (χ1) is 3.41. The Morgan fingerprint density at radius 2 is 2.00 bits per heavy atom. The van der Waals surface area contributed by atoms with Crippen LogP contribution < -0.4 is 0 Å². The maximum Gasteiger partial charge on any atom is 2.00 e. The fourth-order valence-corrected chi connectivity index (χ4v) is 0.368. The van der Waals surface area contributed by atoms with Crippen molar-refractivity contribution in [3.8, 4) is 0 Å². The van der Waals surface area contributed by atoms with Gasteiger partial charge in [0.05, 0.1) is 0 Å². The van der Waals surface area contributed by atoms with Gasteiger partial charge in [-0.2, -0.15) is 0 Å². The van der Waals surface area contributed by atoms with Gasteiger partial charge in [0.2, 0.25) is 0 Å². The summed E-state index contributed by atoms with van der Waals surface area (Å²) in [6.45, 7) is 4.28.